The number of nitrogens with one attached hydrogen (secondary N) is 1. The van der Waals surface area contributed by atoms with E-state index in [1.165, 1.54) is 35.4 Å². The quantitative estimate of drug-likeness (QED) is 0.268. The number of carbonyl (C=O) groups excluding carboxylic acids is 3. The van der Waals surface area contributed by atoms with Crippen molar-refractivity contribution in [2.45, 2.75) is 6.92 Å². The SMILES string of the molecule is COc1cnc(-n2cnc(C)n2)c2[nH]cc(C(=O)C(=O)N3CCN(C(=O)COI)CC3)c12. The van der Waals surface area contributed by atoms with Crippen LogP contribution in [-0.2, 0) is 12.7 Å². The van der Waals surface area contributed by atoms with Gasteiger partial charge in [0.05, 0.1) is 29.8 Å². The Labute approximate surface area is 196 Å². The zero-order valence-corrected chi connectivity index (χ0v) is 19.5. The van der Waals surface area contributed by atoms with E-state index in [-0.39, 0.29) is 31.2 Å². The summed E-state index contributed by atoms with van der Waals surface area (Å²) < 4.78 is 11.7. The van der Waals surface area contributed by atoms with Crippen molar-refractivity contribution in [1.29, 1.82) is 0 Å². The number of carbonyl (C=O) groups is 3. The minimum atomic E-state index is -0.670. The first-order chi connectivity index (χ1) is 15.4. The third kappa shape index (κ3) is 4.04. The molecule has 3 aromatic heterocycles. The number of fused-ring (bicyclic) bond motifs is 1. The maximum Gasteiger partial charge on any atom is 0.295 e. The number of piperazine rings is 1. The lowest BCUT2D eigenvalue weighted by Gasteiger charge is -2.34. The maximum atomic E-state index is 13.1. The molecule has 1 fully saturated rings. The molecule has 0 aliphatic carbocycles. The van der Waals surface area contributed by atoms with Crippen LogP contribution in [0.3, 0.4) is 0 Å². The van der Waals surface area contributed by atoms with Crippen molar-refractivity contribution in [3.8, 4) is 11.6 Å². The lowest BCUT2D eigenvalue weighted by Crippen LogP contribution is -2.52. The summed E-state index contributed by atoms with van der Waals surface area (Å²) in [5, 5.41) is 4.71. The normalized spacial score (nSPS) is 14.1. The molecule has 1 saturated heterocycles. The molecular formula is C19H20IN7O5. The number of halogens is 1. The monoisotopic (exact) mass is 553 g/mol. The molecule has 1 N–H and O–H groups in total. The minimum Gasteiger partial charge on any atom is -0.494 e. The van der Waals surface area contributed by atoms with Crippen LogP contribution in [-0.4, -0.2) is 92.0 Å². The van der Waals surface area contributed by atoms with E-state index < -0.39 is 11.7 Å². The number of rotatable bonds is 6. The van der Waals surface area contributed by atoms with Gasteiger partial charge in [-0.1, -0.05) is 0 Å². The van der Waals surface area contributed by atoms with Crippen LogP contribution >= 0.6 is 23.0 Å². The number of hydrogen-bond donors (Lipinski definition) is 1. The van der Waals surface area contributed by atoms with Crippen LogP contribution in [0.1, 0.15) is 16.2 Å². The number of methoxy groups -OCH3 is 1. The van der Waals surface area contributed by atoms with Crippen LogP contribution in [0.4, 0.5) is 0 Å². The second kappa shape index (κ2) is 9.20. The van der Waals surface area contributed by atoms with E-state index in [1.54, 1.807) is 34.8 Å². The Morgan fingerprint density at radius 2 is 1.88 bits per heavy atom. The first kappa shape index (κ1) is 22.1. The van der Waals surface area contributed by atoms with Crippen molar-refractivity contribution in [1.82, 2.24) is 34.5 Å². The van der Waals surface area contributed by atoms with Gasteiger partial charge in [-0.15, -0.1) is 0 Å². The van der Waals surface area contributed by atoms with E-state index >= 15 is 0 Å². The molecule has 4 rings (SSSR count). The highest BCUT2D eigenvalue weighted by atomic mass is 127. The van der Waals surface area contributed by atoms with E-state index in [1.807, 2.05) is 0 Å². The van der Waals surface area contributed by atoms with Crippen LogP contribution in [0.5, 0.6) is 5.75 Å². The van der Waals surface area contributed by atoms with E-state index in [9.17, 15) is 14.4 Å². The average Bonchev–Trinajstić information content (AvgIpc) is 3.44. The number of amides is 2. The van der Waals surface area contributed by atoms with E-state index in [4.69, 9.17) is 7.80 Å². The van der Waals surface area contributed by atoms with Crippen molar-refractivity contribution < 1.29 is 22.2 Å². The van der Waals surface area contributed by atoms with Gasteiger partial charge in [0.2, 0.25) is 5.91 Å². The molecule has 0 atom stereocenters. The van der Waals surface area contributed by atoms with Crippen LogP contribution in [0.2, 0.25) is 0 Å². The molecule has 13 heteroatoms. The third-order valence-corrected chi connectivity index (χ3v) is 5.55. The Bertz CT molecular complexity index is 1180. The van der Waals surface area contributed by atoms with Crippen molar-refractivity contribution >= 4 is 51.5 Å². The summed E-state index contributed by atoms with van der Waals surface area (Å²) in [7, 11) is 1.47. The molecule has 0 radical (unpaired) electrons. The molecule has 3 aromatic rings. The van der Waals surface area contributed by atoms with Gasteiger partial charge in [-0.05, 0) is 6.92 Å². The Hall–Kier alpha value is -3.07. The number of aromatic nitrogens is 5. The van der Waals surface area contributed by atoms with Crippen LogP contribution in [0.25, 0.3) is 16.7 Å². The van der Waals surface area contributed by atoms with Crippen molar-refractivity contribution in [3.05, 3.63) is 30.1 Å². The highest BCUT2D eigenvalue weighted by Gasteiger charge is 2.31. The molecule has 0 spiro atoms. The predicted molar refractivity (Wildman–Crippen MR) is 120 cm³/mol. The Morgan fingerprint density at radius 3 is 2.50 bits per heavy atom. The highest BCUT2D eigenvalue weighted by molar-refractivity contribution is 14.1. The summed E-state index contributed by atoms with van der Waals surface area (Å²) in [6, 6.07) is 0. The number of ether oxygens (including phenoxy) is 1. The smallest absolute Gasteiger partial charge is 0.295 e. The molecule has 12 nitrogen and oxygen atoms in total. The second-order valence-corrected chi connectivity index (χ2v) is 7.72. The minimum absolute atomic E-state index is 0.0236. The highest BCUT2D eigenvalue weighted by Crippen LogP contribution is 2.31. The Kier molecular flexibility index (Phi) is 6.36. The van der Waals surface area contributed by atoms with Gasteiger partial charge < -0.3 is 22.6 Å². The summed E-state index contributed by atoms with van der Waals surface area (Å²) in [4.78, 5) is 52.6. The van der Waals surface area contributed by atoms with Gasteiger partial charge in [-0.2, -0.15) is 5.10 Å². The van der Waals surface area contributed by atoms with E-state index in [0.717, 1.165) is 0 Å². The second-order valence-electron chi connectivity index (χ2n) is 7.09. The lowest BCUT2D eigenvalue weighted by molar-refractivity contribution is -0.138. The van der Waals surface area contributed by atoms with Crippen molar-refractivity contribution in [2.24, 2.45) is 0 Å². The predicted octanol–water partition coefficient (Wildman–Crippen LogP) is 0.681. The van der Waals surface area contributed by atoms with Crippen LogP contribution < -0.4 is 4.74 Å². The number of Topliss-reactive ketones (excluding diaryl/α,β-unsaturated/α-hetero) is 1. The fourth-order valence-corrected chi connectivity index (χ4v) is 3.88. The van der Waals surface area contributed by atoms with Crippen LogP contribution in [0, 0.1) is 6.92 Å². The number of nitrogens with zero attached hydrogens (tertiary/aromatic N) is 6. The number of ketones is 1. The lowest BCUT2D eigenvalue weighted by atomic mass is 10.1. The Morgan fingerprint density at radius 1 is 1.16 bits per heavy atom. The van der Waals surface area contributed by atoms with E-state index in [0.29, 0.717) is 41.4 Å². The van der Waals surface area contributed by atoms with Gasteiger partial charge >= 0.3 is 0 Å². The van der Waals surface area contributed by atoms with Gasteiger partial charge in [-0.25, -0.2) is 14.6 Å². The summed E-state index contributed by atoms with van der Waals surface area (Å²) >= 11 is 1.66. The summed E-state index contributed by atoms with van der Waals surface area (Å²) in [5.74, 6) is -0.110. The summed E-state index contributed by atoms with van der Waals surface area (Å²) in [5.41, 5.74) is 0.679. The van der Waals surface area contributed by atoms with Gasteiger partial charge in [0.1, 0.15) is 47.5 Å². The molecule has 2 amide bonds. The molecular weight excluding hydrogens is 533 g/mol. The number of H-pyrrole nitrogens is 1. The fourth-order valence-electron chi connectivity index (χ4n) is 3.62. The Balaban J connectivity index is 1.60. The zero-order chi connectivity index (χ0) is 22.8. The van der Waals surface area contributed by atoms with Crippen molar-refractivity contribution in [2.75, 3.05) is 39.9 Å². The molecule has 0 bridgehead atoms. The standard InChI is InChI=1S/C19H20IN7O5/c1-11-23-10-27(24-11)18-16-15(13(31-2)8-22-18)12(7-21-16)17(29)19(30)26-5-3-25(4-6-26)14(28)9-32-20/h7-8,10,21H,3-6,9H2,1-2H3. The van der Waals surface area contributed by atoms with Gasteiger partial charge in [0.25, 0.3) is 11.7 Å². The number of aromatic amines is 1. The van der Waals surface area contributed by atoms with Crippen LogP contribution in [0.15, 0.2) is 18.7 Å². The molecule has 1 aliphatic heterocycles. The molecule has 168 valence electrons. The molecule has 0 aromatic carbocycles. The summed E-state index contributed by atoms with van der Waals surface area (Å²) in [6.07, 6.45) is 4.46. The third-order valence-electron chi connectivity index (χ3n) is 5.23. The zero-order valence-electron chi connectivity index (χ0n) is 17.4. The number of hydrogen-bond acceptors (Lipinski definition) is 8. The van der Waals surface area contributed by atoms with Crippen molar-refractivity contribution in [3.63, 3.8) is 0 Å². The molecule has 0 saturated carbocycles. The van der Waals surface area contributed by atoms with E-state index in [2.05, 4.69) is 20.1 Å². The molecule has 4 heterocycles. The molecule has 32 heavy (non-hydrogen) atoms. The number of aryl methyl sites for hydroxylation is 1. The molecule has 0 unspecified atom stereocenters. The molecule has 1 aliphatic rings. The van der Waals surface area contributed by atoms with Gasteiger partial charge in [0, 0.05) is 32.4 Å². The first-order valence-corrected chi connectivity index (χ1v) is 10.6. The first-order valence-electron chi connectivity index (χ1n) is 9.72. The summed E-state index contributed by atoms with van der Waals surface area (Å²) in [6.45, 7) is 2.94. The number of pyridine rings is 1. The van der Waals surface area contributed by atoms with Gasteiger partial charge in [0.15, 0.2) is 5.82 Å². The van der Waals surface area contributed by atoms with Gasteiger partial charge in [-0.3, -0.25) is 14.4 Å². The topological polar surface area (TPSA) is 136 Å². The largest absolute Gasteiger partial charge is 0.494 e. The average molecular weight is 553 g/mol. The maximum absolute atomic E-state index is 13.1. The fraction of sp³-hybridized carbons (Fsp3) is 0.368.